The van der Waals surface area contributed by atoms with Crippen molar-refractivity contribution >= 4 is 34.5 Å². The molecule has 0 aliphatic heterocycles. The van der Waals surface area contributed by atoms with Crippen LogP contribution in [-0.4, -0.2) is 17.7 Å². The van der Waals surface area contributed by atoms with Gasteiger partial charge in [-0.25, -0.2) is 9.78 Å². The summed E-state index contributed by atoms with van der Waals surface area (Å²) in [6.07, 6.45) is 5.95. The second kappa shape index (κ2) is 5.44. The molecule has 0 aliphatic rings. The number of aromatic nitrogens is 1. The first-order chi connectivity index (χ1) is 6.72. The topological polar surface area (TPSA) is 51.2 Å². The lowest BCUT2D eigenvalue weighted by atomic mass is 10.5. The van der Waals surface area contributed by atoms with Crippen LogP contribution in [0.4, 0.5) is 10.6 Å². The Hall–Kier alpha value is -1.29. The molecule has 0 spiro atoms. The van der Waals surface area contributed by atoms with Crippen LogP contribution >= 0.6 is 22.6 Å². The summed E-state index contributed by atoms with van der Waals surface area (Å²) in [6.45, 7) is -0.0454. The van der Waals surface area contributed by atoms with Crippen molar-refractivity contribution in [3.05, 3.63) is 21.9 Å². The van der Waals surface area contributed by atoms with Crippen molar-refractivity contribution in [1.82, 2.24) is 4.98 Å². The highest BCUT2D eigenvalue weighted by Gasteiger charge is 2.01. The van der Waals surface area contributed by atoms with E-state index in [0.29, 0.717) is 5.82 Å². The molecule has 1 aromatic rings. The molecular weight excluding hydrogens is 295 g/mol. The summed E-state index contributed by atoms with van der Waals surface area (Å²) < 4.78 is 5.59. The van der Waals surface area contributed by atoms with E-state index in [4.69, 9.17) is 6.42 Å². The maximum Gasteiger partial charge on any atom is 0.413 e. The molecule has 1 rings (SSSR count). The van der Waals surface area contributed by atoms with Gasteiger partial charge in [-0.05, 0) is 34.7 Å². The molecule has 0 radical (unpaired) electrons. The van der Waals surface area contributed by atoms with Crippen molar-refractivity contribution < 1.29 is 9.53 Å². The molecule has 4 nitrogen and oxygen atoms in total. The number of halogens is 1. The number of terminal acetylenes is 1. The summed E-state index contributed by atoms with van der Waals surface area (Å²) in [5.41, 5.74) is 0. The van der Waals surface area contributed by atoms with Gasteiger partial charge in [0.1, 0.15) is 5.82 Å². The summed E-state index contributed by atoms with van der Waals surface area (Å²) in [5, 5.41) is 2.43. The first kappa shape index (κ1) is 10.8. The fraction of sp³-hybridized carbons (Fsp3) is 0.111. The molecule has 1 amide bonds. The summed E-state index contributed by atoms with van der Waals surface area (Å²) in [5.74, 6) is 2.63. The summed E-state index contributed by atoms with van der Waals surface area (Å²) in [6, 6.07) is 3.50. The van der Waals surface area contributed by atoms with E-state index >= 15 is 0 Å². The van der Waals surface area contributed by atoms with Gasteiger partial charge >= 0.3 is 6.09 Å². The van der Waals surface area contributed by atoms with E-state index in [1.54, 1.807) is 12.3 Å². The molecule has 0 aromatic carbocycles. The smallest absolute Gasteiger partial charge is 0.413 e. The van der Waals surface area contributed by atoms with Crippen LogP contribution in [0.5, 0.6) is 0 Å². The monoisotopic (exact) mass is 302 g/mol. The van der Waals surface area contributed by atoms with Gasteiger partial charge in [0.05, 0.1) is 0 Å². The highest BCUT2D eigenvalue weighted by molar-refractivity contribution is 14.1. The SMILES string of the molecule is C#CCOC(=O)Nc1ccc(I)cn1. The van der Waals surface area contributed by atoms with Gasteiger partial charge in [-0.2, -0.15) is 0 Å². The van der Waals surface area contributed by atoms with Gasteiger partial charge in [-0.15, -0.1) is 6.42 Å². The zero-order valence-electron chi connectivity index (χ0n) is 7.16. The maximum atomic E-state index is 11.0. The fourth-order valence-electron chi connectivity index (χ4n) is 0.698. The molecule has 14 heavy (non-hydrogen) atoms. The number of pyridine rings is 1. The number of carbonyl (C=O) groups is 1. The lowest BCUT2D eigenvalue weighted by molar-refractivity contribution is 0.176. The first-order valence-corrected chi connectivity index (χ1v) is 4.79. The molecule has 72 valence electrons. The van der Waals surface area contributed by atoms with Gasteiger partial charge < -0.3 is 4.74 Å². The Labute approximate surface area is 95.2 Å². The largest absolute Gasteiger partial charge is 0.436 e. The quantitative estimate of drug-likeness (QED) is 0.670. The van der Waals surface area contributed by atoms with Crippen LogP contribution in [0.3, 0.4) is 0 Å². The maximum absolute atomic E-state index is 11.0. The molecule has 1 heterocycles. The van der Waals surface area contributed by atoms with Crippen molar-refractivity contribution in [3.8, 4) is 12.3 Å². The van der Waals surface area contributed by atoms with Crippen LogP contribution in [0.15, 0.2) is 18.3 Å². The Morgan fingerprint density at radius 2 is 2.50 bits per heavy atom. The number of rotatable bonds is 2. The van der Waals surface area contributed by atoms with E-state index in [2.05, 4.69) is 43.5 Å². The lowest BCUT2D eigenvalue weighted by Crippen LogP contribution is -2.14. The Balaban J connectivity index is 2.49. The molecule has 5 heteroatoms. The van der Waals surface area contributed by atoms with E-state index in [9.17, 15) is 4.79 Å². The van der Waals surface area contributed by atoms with Crippen molar-refractivity contribution in [2.45, 2.75) is 0 Å². The van der Waals surface area contributed by atoms with Gasteiger partial charge in [0, 0.05) is 9.77 Å². The van der Waals surface area contributed by atoms with E-state index < -0.39 is 6.09 Å². The van der Waals surface area contributed by atoms with E-state index in [1.165, 1.54) is 0 Å². The third-order valence-corrected chi connectivity index (χ3v) is 1.88. The van der Waals surface area contributed by atoms with E-state index in [1.807, 2.05) is 6.07 Å². The minimum Gasteiger partial charge on any atom is -0.436 e. The molecule has 0 aliphatic carbocycles. The highest BCUT2D eigenvalue weighted by Crippen LogP contribution is 2.06. The molecule has 0 saturated carbocycles. The predicted octanol–water partition coefficient (Wildman–Crippen LogP) is 1.87. The normalized spacial score (nSPS) is 8.86. The molecule has 0 unspecified atom stereocenters. The molecule has 0 atom stereocenters. The number of nitrogens with one attached hydrogen (secondary N) is 1. The third kappa shape index (κ3) is 3.62. The average Bonchev–Trinajstić information content (AvgIpc) is 2.18. The second-order valence-corrected chi connectivity index (χ2v) is 3.51. The lowest BCUT2D eigenvalue weighted by Gasteiger charge is -2.02. The van der Waals surface area contributed by atoms with Crippen LogP contribution in [-0.2, 0) is 4.74 Å². The van der Waals surface area contributed by atoms with Gasteiger partial charge in [0.2, 0.25) is 0 Å². The van der Waals surface area contributed by atoms with Crippen LogP contribution in [0.2, 0.25) is 0 Å². The Morgan fingerprint density at radius 3 is 3.07 bits per heavy atom. The number of amides is 1. The Bertz CT molecular complexity index is 356. The van der Waals surface area contributed by atoms with E-state index in [0.717, 1.165) is 3.57 Å². The van der Waals surface area contributed by atoms with Crippen LogP contribution < -0.4 is 5.32 Å². The minimum absolute atomic E-state index is 0.0454. The fourth-order valence-corrected chi connectivity index (χ4v) is 1.02. The number of anilines is 1. The molecule has 1 N–H and O–H groups in total. The van der Waals surface area contributed by atoms with Crippen molar-refractivity contribution in [1.29, 1.82) is 0 Å². The number of ether oxygens (including phenoxy) is 1. The van der Waals surface area contributed by atoms with Gasteiger partial charge in [-0.3, -0.25) is 5.32 Å². The molecule has 0 saturated heterocycles. The number of hydrogen-bond acceptors (Lipinski definition) is 3. The van der Waals surface area contributed by atoms with Gasteiger partial charge in [-0.1, -0.05) is 5.92 Å². The van der Waals surface area contributed by atoms with Gasteiger partial charge in [0.15, 0.2) is 6.61 Å². The average molecular weight is 302 g/mol. The summed E-state index contributed by atoms with van der Waals surface area (Å²) in [7, 11) is 0. The zero-order chi connectivity index (χ0) is 10.4. The molecule has 0 bridgehead atoms. The molecular formula is C9H7IN2O2. The highest BCUT2D eigenvalue weighted by atomic mass is 127. The summed E-state index contributed by atoms with van der Waals surface area (Å²) >= 11 is 2.12. The van der Waals surface area contributed by atoms with Crippen molar-refractivity contribution in [3.63, 3.8) is 0 Å². The Kier molecular flexibility index (Phi) is 4.19. The summed E-state index contributed by atoms with van der Waals surface area (Å²) in [4.78, 5) is 14.9. The van der Waals surface area contributed by atoms with Crippen molar-refractivity contribution in [2.24, 2.45) is 0 Å². The predicted molar refractivity (Wildman–Crippen MR) is 60.8 cm³/mol. The second-order valence-electron chi connectivity index (χ2n) is 2.27. The number of hydrogen-bond donors (Lipinski definition) is 1. The number of nitrogens with zero attached hydrogens (tertiary/aromatic N) is 1. The first-order valence-electron chi connectivity index (χ1n) is 3.71. The minimum atomic E-state index is -0.600. The van der Waals surface area contributed by atoms with E-state index in [-0.39, 0.29) is 6.61 Å². The van der Waals surface area contributed by atoms with Gasteiger partial charge in [0.25, 0.3) is 0 Å². The molecule has 0 fully saturated rings. The van der Waals surface area contributed by atoms with Crippen LogP contribution in [0.25, 0.3) is 0 Å². The van der Waals surface area contributed by atoms with Crippen LogP contribution in [0.1, 0.15) is 0 Å². The number of carbonyl (C=O) groups excluding carboxylic acids is 1. The van der Waals surface area contributed by atoms with Crippen LogP contribution in [0, 0.1) is 15.9 Å². The van der Waals surface area contributed by atoms with Crippen molar-refractivity contribution in [2.75, 3.05) is 11.9 Å². The third-order valence-electron chi connectivity index (χ3n) is 1.24. The Morgan fingerprint density at radius 1 is 1.71 bits per heavy atom. The zero-order valence-corrected chi connectivity index (χ0v) is 9.32. The molecule has 1 aromatic heterocycles. The standard InChI is InChI=1S/C9H7IN2O2/c1-2-5-14-9(13)12-8-4-3-7(10)6-11-8/h1,3-4,6H,5H2,(H,11,12,13).